The molecule has 0 bridgehead atoms. The smallest absolute Gasteiger partial charge is 0.455 e. The number of hydrogen-bond donors (Lipinski definition) is 0. The van der Waals surface area contributed by atoms with E-state index in [0.29, 0.717) is 0 Å². The quantitative estimate of drug-likeness (QED) is 0.133. The van der Waals surface area contributed by atoms with Gasteiger partial charge in [-0.3, -0.25) is 0 Å². The zero-order valence-electron chi connectivity index (χ0n) is 23.9. The lowest BCUT2D eigenvalue weighted by Gasteiger charge is -2.33. The highest BCUT2D eigenvalue weighted by Gasteiger charge is 2.55. The molecule has 12 heteroatoms. The maximum Gasteiger partial charge on any atom is 0.490 e. The van der Waals surface area contributed by atoms with Crippen LogP contribution in [0.5, 0.6) is 0 Å². The highest BCUT2D eigenvalue weighted by molar-refractivity contribution is 8.10. The van der Waals surface area contributed by atoms with E-state index in [1.54, 1.807) is 12.1 Å². The molecule has 0 radical (unpaired) electrons. The third-order valence-corrected chi connectivity index (χ3v) is 13.7. The van der Waals surface area contributed by atoms with Gasteiger partial charge < -0.3 is 4.74 Å². The number of carbonyl (C=O) groups is 1. The van der Waals surface area contributed by atoms with Crippen molar-refractivity contribution in [1.29, 1.82) is 0 Å². The lowest BCUT2D eigenvalue weighted by molar-refractivity contribution is -0.198. The number of rotatable bonds is 13. The topological polar surface area (TPSA) is 94.6 Å². The van der Waals surface area contributed by atoms with E-state index in [4.69, 9.17) is 0 Å². The van der Waals surface area contributed by atoms with E-state index in [0.717, 1.165) is 11.6 Å². The molecule has 0 spiro atoms. The van der Waals surface area contributed by atoms with Crippen molar-refractivity contribution < 1.29 is 39.5 Å². The Bertz CT molecular complexity index is 1390. The van der Waals surface area contributed by atoms with Crippen molar-refractivity contribution in [3.63, 3.8) is 0 Å². The van der Waals surface area contributed by atoms with Crippen molar-refractivity contribution in [2.75, 3.05) is 6.61 Å². The summed E-state index contributed by atoms with van der Waals surface area (Å²) < 4.78 is 97.2. The van der Waals surface area contributed by atoms with Crippen molar-refractivity contribution in [2.24, 2.45) is 0 Å². The van der Waals surface area contributed by atoms with Crippen molar-refractivity contribution in [3.05, 3.63) is 84.0 Å². The van der Waals surface area contributed by atoms with Crippen LogP contribution in [0.4, 0.5) is 13.2 Å². The van der Waals surface area contributed by atoms with E-state index in [2.05, 4.69) is 24.4 Å². The first-order chi connectivity index (χ1) is 18.8. The van der Waals surface area contributed by atoms with Gasteiger partial charge >= 0.3 is 12.1 Å². The van der Waals surface area contributed by atoms with Gasteiger partial charge in [-0.05, 0) is 62.6 Å². The monoisotopic (exact) mass is 630 g/mol. The molecule has 6 nitrogen and oxygen atoms in total. The Morgan fingerprint density at radius 3 is 1.68 bits per heavy atom. The summed E-state index contributed by atoms with van der Waals surface area (Å²) in [6, 6.07) is 15.3. The number of alkyl halides is 3. The molecule has 0 fully saturated rings. The Hall–Kier alpha value is -2.70. The highest BCUT2D eigenvalue weighted by atomic mass is 32.3. The Labute approximate surface area is 242 Å². The van der Waals surface area contributed by atoms with Gasteiger partial charge in [-0.1, -0.05) is 73.8 Å². The number of allylic oxidation sites excluding steroid dienone is 3. The third kappa shape index (κ3) is 8.89. The molecule has 0 saturated carbocycles. The van der Waals surface area contributed by atoms with E-state index in [1.165, 1.54) is 61.5 Å². The van der Waals surface area contributed by atoms with Gasteiger partial charge in [0.2, 0.25) is 0 Å². The molecule has 2 rings (SSSR count). The summed E-state index contributed by atoms with van der Waals surface area (Å²) >= 11 is 0. The van der Waals surface area contributed by atoms with Gasteiger partial charge in [0.15, 0.2) is 23.8 Å². The van der Waals surface area contributed by atoms with Crippen LogP contribution in [0, 0.1) is 0 Å². The molecule has 0 heterocycles. The molecule has 0 N–H and O–H groups in total. The fourth-order valence-corrected chi connectivity index (χ4v) is 9.91. The molecule has 2 aromatic rings. The number of hydrogen-bond acceptors (Lipinski definition) is 6. The Morgan fingerprint density at radius 1 is 0.805 bits per heavy atom. The Kier molecular flexibility index (Phi) is 11.4. The lowest BCUT2D eigenvalue weighted by Crippen LogP contribution is -2.46. The minimum absolute atomic E-state index is 0.0736. The van der Waals surface area contributed by atoms with Crippen LogP contribution in [0.2, 0.25) is 25.7 Å². The van der Waals surface area contributed by atoms with Crippen LogP contribution in [0.1, 0.15) is 33.1 Å². The molecule has 0 unspecified atom stereocenters. The molecule has 0 saturated heterocycles. The van der Waals surface area contributed by atoms with E-state index in [1.807, 2.05) is 13.0 Å². The molecule has 0 atom stereocenters. The number of benzene rings is 2. The minimum atomic E-state index is -5.20. The second kappa shape index (κ2) is 13.5. The molecular weight excluding hydrogens is 594 g/mol. The second-order valence-electron chi connectivity index (χ2n) is 11.2. The predicted octanol–water partition coefficient (Wildman–Crippen LogP) is 7.14. The van der Waals surface area contributed by atoms with Crippen LogP contribution < -0.4 is 0 Å². The standard InChI is InChI=1S/C29H37F3O6S2Si/c1-23(18-21-41(3,4)5)16-19-28(39(34,35)25-12-8-6-9-13-25,40(36,37)26-14-10-7-11-15-26)20-17-24(2)22-38-27(33)29(30,31)32/h6-15,17-18H,16,19-22H2,1-5H3/b23-18+,24-17+. The molecule has 0 aliphatic heterocycles. The Balaban J connectivity index is 2.72. The highest BCUT2D eigenvalue weighted by Crippen LogP contribution is 2.43. The second-order valence-corrected chi connectivity index (χ2v) is 21.5. The maximum absolute atomic E-state index is 14.4. The number of sulfone groups is 2. The molecule has 0 amide bonds. The van der Waals surface area contributed by atoms with Crippen LogP contribution >= 0.6 is 0 Å². The fourth-order valence-electron chi connectivity index (χ4n) is 3.98. The van der Waals surface area contributed by atoms with E-state index < -0.39 is 57.0 Å². The number of halogens is 3. The zero-order valence-corrected chi connectivity index (χ0v) is 26.5. The summed E-state index contributed by atoms with van der Waals surface area (Å²) in [4.78, 5) is 10.8. The van der Waals surface area contributed by atoms with Crippen LogP contribution in [0.3, 0.4) is 0 Å². The fraction of sp³-hybridized carbons (Fsp3) is 0.414. The van der Waals surface area contributed by atoms with Crippen LogP contribution in [0.25, 0.3) is 0 Å². The largest absolute Gasteiger partial charge is 0.490 e. The van der Waals surface area contributed by atoms with Crippen molar-refractivity contribution in [3.8, 4) is 0 Å². The molecule has 0 aromatic heterocycles. The van der Waals surface area contributed by atoms with E-state index >= 15 is 0 Å². The van der Waals surface area contributed by atoms with Gasteiger partial charge in [-0.25, -0.2) is 21.6 Å². The van der Waals surface area contributed by atoms with Crippen molar-refractivity contribution in [2.45, 2.75) is 78.8 Å². The summed E-state index contributed by atoms with van der Waals surface area (Å²) in [6.07, 6.45) is -2.68. The SMILES string of the molecule is C/C(=C\C[Si](C)(C)C)CCC(C/C=C(\C)COC(=O)C(F)(F)F)(S(=O)(=O)c1ccccc1)S(=O)(=O)c1ccccc1. The van der Waals surface area contributed by atoms with Gasteiger partial charge in [0.1, 0.15) is 6.61 Å². The van der Waals surface area contributed by atoms with Crippen molar-refractivity contribution >= 4 is 33.7 Å². The van der Waals surface area contributed by atoms with E-state index in [-0.39, 0.29) is 28.2 Å². The molecule has 0 aliphatic rings. The summed E-state index contributed by atoms with van der Waals surface area (Å²) in [5.74, 6) is -2.39. The molecule has 2 aromatic carbocycles. The summed E-state index contributed by atoms with van der Waals surface area (Å²) in [6.45, 7) is 8.94. The van der Waals surface area contributed by atoms with Gasteiger partial charge in [-0.15, -0.1) is 0 Å². The van der Waals surface area contributed by atoms with Crippen LogP contribution in [-0.2, 0) is 29.2 Å². The van der Waals surface area contributed by atoms with Gasteiger partial charge in [0, 0.05) is 14.5 Å². The molecular formula is C29H37F3O6S2Si. The first kappa shape index (κ1) is 34.5. The van der Waals surface area contributed by atoms with Crippen molar-refractivity contribution in [1.82, 2.24) is 0 Å². The summed E-state index contributed by atoms with van der Waals surface area (Å²) in [5, 5.41) is 0. The van der Waals surface area contributed by atoms with Crippen LogP contribution in [-0.4, -0.2) is 47.7 Å². The number of ether oxygens (including phenoxy) is 1. The van der Waals surface area contributed by atoms with Gasteiger partial charge in [0.25, 0.3) is 0 Å². The molecule has 41 heavy (non-hydrogen) atoms. The summed E-state index contributed by atoms with van der Waals surface area (Å²) in [5.41, 5.74) is 0.910. The minimum Gasteiger partial charge on any atom is -0.455 e. The number of carbonyl (C=O) groups excluding carboxylic acids is 1. The lowest BCUT2D eigenvalue weighted by atomic mass is 10.1. The molecule has 0 aliphatic carbocycles. The van der Waals surface area contributed by atoms with Gasteiger partial charge in [0.05, 0.1) is 9.79 Å². The molecule has 226 valence electrons. The Morgan fingerprint density at radius 2 is 1.27 bits per heavy atom. The normalized spacial score (nSPS) is 14.1. The van der Waals surface area contributed by atoms with Gasteiger partial charge in [-0.2, -0.15) is 13.2 Å². The first-order valence-electron chi connectivity index (χ1n) is 13.0. The van der Waals surface area contributed by atoms with Crippen LogP contribution in [0.15, 0.2) is 93.8 Å². The third-order valence-electron chi connectivity index (χ3n) is 6.47. The number of esters is 1. The predicted molar refractivity (Wildman–Crippen MR) is 157 cm³/mol. The van der Waals surface area contributed by atoms with E-state index in [9.17, 15) is 34.8 Å². The zero-order chi connectivity index (χ0) is 31.1. The maximum atomic E-state index is 14.4. The summed E-state index contributed by atoms with van der Waals surface area (Å²) in [7, 11) is -10.7. The average Bonchev–Trinajstić information content (AvgIpc) is 2.90. The average molecular weight is 631 g/mol. The first-order valence-corrected chi connectivity index (χ1v) is 19.7.